The van der Waals surface area contributed by atoms with Gasteiger partial charge in [0.25, 0.3) is 0 Å². The van der Waals surface area contributed by atoms with E-state index >= 15 is 0 Å². The molecule has 0 saturated heterocycles. The monoisotopic (exact) mass is 138 g/mol. The van der Waals surface area contributed by atoms with Crippen molar-refractivity contribution in [1.82, 2.24) is 0 Å². The fourth-order valence-electron chi connectivity index (χ4n) is 0.588. The number of aliphatic hydroxyl groups is 1. The molecule has 56 valence electrons. The van der Waals surface area contributed by atoms with Gasteiger partial charge in [-0.2, -0.15) is 0 Å². The third-order valence-corrected chi connectivity index (χ3v) is 1.07. The molecule has 0 spiro atoms. The summed E-state index contributed by atoms with van der Waals surface area (Å²) < 4.78 is 0. The number of aliphatic hydroxyl groups excluding tert-OH is 1. The van der Waals surface area contributed by atoms with Crippen LogP contribution in [0.5, 0.6) is 0 Å². The Balaban J connectivity index is 3.52. The van der Waals surface area contributed by atoms with Gasteiger partial charge in [0, 0.05) is 0 Å². The van der Waals surface area contributed by atoms with Gasteiger partial charge in [0.1, 0.15) is 6.10 Å². The quantitative estimate of drug-likeness (QED) is 0.465. The molecular weight excluding hydrogens is 124 g/mol. The summed E-state index contributed by atoms with van der Waals surface area (Å²) in [4.78, 5) is 0. The summed E-state index contributed by atoms with van der Waals surface area (Å²) in [6.07, 6.45) is 5.23. The Morgan fingerprint density at radius 2 is 2.30 bits per heavy atom. The maximum atomic E-state index is 9.02. The summed E-state index contributed by atoms with van der Waals surface area (Å²) in [5.41, 5.74) is 0. The van der Waals surface area contributed by atoms with E-state index in [2.05, 4.69) is 18.8 Å². The van der Waals surface area contributed by atoms with Crippen molar-refractivity contribution in [3.63, 3.8) is 0 Å². The minimum Gasteiger partial charge on any atom is -0.377 e. The third-order valence-electron chi connectivity index (χ3n) is 1.07. The minimum absolute atomic E-state index is 0.573. The Morgan fingerprint density at radius 3 is 2.80 bits per heavy atom. The highest BCUT2D eigenvalue weighted by Crippen LogP contribution is 1.90. The van der Waals surface area contributed by atoms with Crippen LogP contribution >= 0.6 is 0 Å². The van der Waals surface area contributed by atoms with Crippen LogP contribution in [0.3, 0.4) is 0 Å². The Morgan fingerprint density at radius 1 is 1.60 bits per heavy atom. The lowest BCUT2D eigenvalue weighted by Gasteiger charge is -1.91. The second-order valence-electron chi connectivity index (χ2n) is 2.06. The van der Waals surface area contributed by atoms with Crippen LogP contribution in [0.4, 0.5) is 0 Å². The molecule has 10 heavy (non-hydrogen) atoms. The van der Waals surface area contributed by atoms with Gasteiger partial charge in [0.15, 0.2) is 0 Å². The molecule has 1 heteroatoms. The standard InChI is InChI=1S/C9H14O/c1-3-5-6-8-9(10)7-4-2/h6,8-10H,3,5H2,1-2H3/b8-6+. The Bertz CT molecular complexity index is 148. The van der Waals surface area contributed by atoms with Gasteiger partial charge >= 0.3 is 0 Å². The van der Waals surface area contributed by atoms with Crippen molar-refractivity contribution in [2.45, 2.75) is 32.8 Å². The van der Waals surface area contributed by atoms with E-state index < -0.39 is 6.10 Å². The molecule has 0 aliphatic rings. The van der Waals surface area contributed by atoms with Crippen LogP contribution in [0.1, 0.15) is 26.7 Å². The van der Waals surface area contributed by atoms with Crippen molar-refractivity contribution >= 4 is 0 Å². The van der Waals surface area contributed by atoms with Crippen molar-refractivity contribution in [3.05, 3.63) is 12.2 Å². The summed E-state index contributed by atoms with van der Waals surface area (Å²) in [6.45, 7) is 3.82. The zero-order chi connectivity index (χ0) is 7.82. The SMILES string of the molecule is CC#CC(O)/C=C/CCC. The zero-order valence-electron chi connectivity index (χ0n) is 6.59. The van der Waals surface area contributed by atoms with E-state index in [9.17, 15) is 0 Å². The van der Waals surface area contributed by atoms with E-state index in [1.54, 1.807) is 13.0 Å². The average Bonchev–Trinajstić information content (AvgIpc) is 1.89. The number of allylic oxidation sites excluding steroid dienone is 1. The molecule has 0 rings (SSSR count). The van der Waals surface area contributed by atoms with Gasteiger partial charge in [-0.15, -0.1) is 5.92 Å². The lowest BCUT2D eigenvalue weighted by atomic mass is 10.2. The summed E-state index contributed by atoms with van der Waals surface area (Å²) in [6, 6.07) is 0. The number of rotatable bonds is 3. The van der Waals surface area contributed by atoms with Crippen molar-refractivity contribution < 1.29 is 5.11 Å². The summed E-state index contributed by atoms with van der Waals surface area (Å²) in [5, 5.41) is 9.02. The Hall–Kier alpha value is -0.740. The molecule has 0 aromatic rings. The normalized spacial score (nSPS) is 12.7. The third kappa shape index (κ3) is 5.40. The lowest BCUT2D eigenvalue weighted by Crippen LogP contribution is -1.95. The van der Waals surface area contributed by atoms with E-state index in [4.69, 9.17) is 5.11 Å². The van der Waals surface area contributed by atoms with E-state index in [1.807, 2.05) is 6.08 Å². The summed E-state index contributed by atoms with van der Waals surface area (Å²) >= 11 is 0. The van der Waals surface area contributed by atoms with Gasteiger partial charge in [-0.1, -0.05) is 25.3 Å². The van der Waals surface area contributed by atoms with E-state index in [0.717, 1.165) is 12.8 Å². The van der Waals surface area contributed by atoms with E-state index in [1.165, 1.54) is 0 Å². The maximum Gasteiger partial charge on any atom is 0.133 e. The predicted molar refractivity (Wildman–Crippen MR) is 43.5 cm³/mol. The zero-order valence-corrected chi connectivity index (χ0v) is 6.59. The number of unbranched alkanes of at least 4 members (excludes halogenated alkanes) is 1. The molecule has 0 radical (unpaired) electrons. The Labute approximate surface area is 62.8 Å². The summed E-state index contributed by atoms with van der Waals surface area (Å²) in [7, 11) is 0. The fourth-order valence-corrected chi connectivity index (χ4v) is 0.588. The van der Waals surface area contributed by atoms with Crippen LogP contribution in [0.25, 0.3) is 0 Å². The van der Waals surface area contributed by atoms with Crippen LogP contribution in [0.15, 0.2) is 12.2 Å². The van der Waals surface area contributed by atoms with Gasteiger partial charge in [-0.05, 0) is 19.4 Å². The molecular formula is C9H14O. The average molecular weight is 138 g/mol. The Kier molecular flexibility index (Phi) is 5.91. The molecule has 0 bridgehead atoms. The summed E-state index contributed by atoms with van der Waals surface area (Å²) in [5.74, 6) is 5.27. The second-order valence-corrected chi connectivity index (χ2v) is 2.06. The topological polar surface area (TPSA) is 20.2 Å². The van der Waals surface area contributed by atoms with Crippen molar-refractivity contribution in [2.75, 3.05) is 0 Å². The largest absolute Gasteiger partial charge is 0.377 e. The molecule has 0 aliphatic carbocycles. The molecule has 1 nitrogen and oxygen atoms in total. The molecule has 1 atom stereocenters. The fraction of sp³-hybridized carbons (Fsp3) is 0.556. The first kappa shape index (κ1) is 9.26. The van der Waals surface area contributed by atoms with Crippen molar-refractivity contribution in [1.29, 1.82) is 0 Å². The molecule has 1 unspecified atom stereocenters. The molecule has 0 aromatic carbocycles. The first-order valence-corrected chi connectivity index (χ1v) is 3.58. The highest BCUT2D eigenvalue weighted by atomic mass is 16.3. The number of hydrogen-bond acceptors (Lipinski definition) is 1. The minimum atomic E-state index is -0.573. The molecule has 0 aliphatic heterocycles. The van der Waals surface area contributed by atoms with E-state index in [0.29, 0.717) is 0 Å². The van der Waals surface area contributed by atoms with E-state index in [-0.39, 0.29) is 0 Å². The smallest absolute Gasteiger partial charge is 0.133 e. The van der Waals surface area contributed by atoms with Gasteiger partial charge in [0.05, 0.1) is 0 Å². The van der Waals surface area contributed by atoms with Gasteiger partial charge in [0.2, 0.25) is 0 Å². The molecule has 1 N–H and O–H groups in total. The van der Waals surface area contributed by atoms with Crippen molar-refractivity contribution in [2.24, 2.45) is 0 Å². The number of hydrogen-bond donors (Lipinski definition) is 1. The van der Waals surface area contributed by atoms with Crippen LogP contribution < -0.4 is 0 Å². The molecule has 0 heterocycles. The first-order valence-electron chi connectivity index (χ1n) is 3.58. The first-order chi connectivity index (χ1) is 4.81. The van der Waals surface area contributed by atoms with Gasteiger partial charge < -0.3 is 5.11 Å². The van der Waals surface area contributed by atoms with Gasteiger partial charge in [-0.25, -0.2) is 0 Å². The van der Waals surface area contributed by atoms with Gasteiger partial charge in [-0.3, -0.25) is 0 Å². The second kappa shape index (κ2) is 6.38. The predicted octanol–water partition coefficient (Wildman–Crippen LogP) is 1.73. The van der Waals surface area contributed by atoms with Crippen LogP contribution in [0, 0.1) is 11.8 Å². The highest BCUT2D eigenvalue weighted by Gasteiger charge is 1.86. The van der Waals surface area contributed by atoms with Crippen molar-refractivity contribution in [3.8, 4) is 11.8 Å². The molecule has 0 aromatic heterocycles. The van der Waals surface area contributed by atoms with Crippen LogP contribution in [0.2, 0.25) is 0 Å². The molecule has 0 amide bonds. The lowest BCUT2D eigenvalue weighted by molar-refractivity contribution is 0.280. The maximum absolute atomic E-state index is 9.02. The van der Waals surface area contributed by atoms with Crippen LogP contribution in [-0.4, -0.2) is 11.2 Å². The van der Waals surface area contributed by atoms with Crippen LogP contribution in [-0.2, 0) is 0 Å². The molecule has 0 saturated carbocycles. The highest BCUT2D eigenvalue weighted by molar-refractivity contribution is 5.10. The molecule has 0 fully saturated rings.